The molecular weight excluding hydrogens is 962 g/mol. The van der Waals surface area contributed by atoms with E-state index >= 15 is 0 Å². The second kappa shape index (κ2) is 18.5. The normalized spacial score (nSPS) is 13.6. The van der Waals surface area contributed by atoms with Crippen LogP contribution in [-0.4, -0.2) is 19.6 Å². The third-order valence-electron chi connectivity index (χ3n) is 12.2. The van der Waals surface area contributed by atoms with Gasteiger partial charge in [0.1, 0.15) is 11.6 Å². The summed E-state index contributed by atoms with van der Waals surface area (Å²) in [7, 11) is 0. The van der Waals surface area contributed by atoms with Gasteiger partial charge in [0.2, 0.25) is 0 Å². The van der Waals surface area contributed by atoms with Crippen LogP contribution in [0, 0.1) is 12.9 Å². The van der Waals surface area contributed by atoms with Gasteiger partial charge >= 0.3 is 0 Å². The number of aromatic hydroxyl groups is 1. The number of para-hydroxylation sites is 1. The van der Waals surface area contributed by atoms with Gasteiger partial charge in [-0.15, -0.1) is 29.3 Å². The van der Waals surface area contributed by atoms with E-state index in [0.717, 1.165) is 50.2 Å². The average molecular weight is 1030 g/mol. The predicted octanol–water partition coefficient (Wildman–Crippen LogP) is 16.4. The van der Waals surface area contributed by atoms with Crippen molar-refractivity contribution >= 4 is 11.0 Å². The molecule has 0 spiro atoms. The number of aryl methyl sites for hydroxylation is 1. The largest absolute Gasteiger partial charge is 0.507 e. The summed E-state index contributed by atoms with van der Waals surface area (Å²) < 4.78 is 47.6. The number of phenols is 1. The molecule has 64 heavy (non-hydrogen) atoms. The average Bonchev–Trinajstić information content (AvgIpc) is 3.67. The second-order valence-electron chi connectivity index (χ2n) is 19.0. The zero-order chi connectivity index (χ0) is 49.2. The first-order chi connectivity index (χ1) is 31.8. The van der Waals surface area contributed by atoms with Crippen molar-refractivity contribution in [2.75, 3.05) is 0 Å². The number of phenolic OH excluding ortho intramolecular Hbond substituents is 1. The molecule has 8 rings (SSSR count). The second-order valence-corrected chi connectivity index (χ2v) is 19.0. The fourth-order valence-corrected chi connectivity index (χ4v) is 8.62. The number of nitrogens with zero attached hydrogens (tertiary/aromatic N) is 3. The molecule has 0 aliphatic rings. The van der Waals surface area contributed by atoms with E-state index in [1.54, 1.807) is 6.07 Å². The predicted molar refractivity (Wildman–Crippen MR) is 266 cm³/mol. The van der Waals surface area contributed by atoms with Crippen LogP contribution in [0.15, 0.2) is 128 Å². The zero-order valence-electron chi connectivity index (χ0n) is 43.9. The minimum absolute atomic E-state index is 0. The van der Waals surface area contributed by atoms with E-state index in [-0.39, 0.29) is 49.6 Å². The van der Waals surface area contributed by atoms with Crippen molar-refractivity contribution in [1.29, 1.82) is 0 Å². The van der Waals surface area contributed by atoms with Crippen LogP contribution >= 0.6 is 0 Å². The Hall–Kier alpha value is -5.57. The van der Waals surface area contributed by atoms with Gasteiger partial charge in [0.25, 0.3) is 0 Å². The standard InChI is InChI=1S/C59H62N3O.Pt/c1-35(2)43-32-50(38(7)8)57(63)51(33-43)58-61-56-49(44-29-45(31-46(30-44)59(10,11)12)52-34-41(26-27-60-52)40-18-14-13-15-19-40)22-17-23-54(56)62(58)53-25-24-42(28-39(53)9)55-47(36(3)4)20-16-21-48(55)37(5)6;/h13-28,30-38,63H,1-12H3;/q-1;/i9D3,36D,37D;. The van der Waals surface area contributed by atoms with Crippen molar-refractivity contribution in [3.63, 3.8) is 0 Å². The molecule has 1 N–H and O–H groups in total. The Balaban J connectivity index is 0.00000703. The third kappa shape index (κ3) is 8.92. The quantitative estimate of drug-likeness (QED) is 0.139. The van der Waals surface area contributed by atoms with Crippen LogP contribution in [0.4, 0.5) is 0 Å². The smallest absolute Gasteiger partial charge is 0.148 e. The van der Waals surface area contributed by atoms with Gasteiger partial charge in [0.15, 0.2) is 0 Å². The maximum absolute atomic E-state index is 12.3. The van der Waals surface area contributed by atoms with E-state index in [2.05, 4.69) is 90.9 Å². The summed E-state index contributed by atoms with van der Waals surface area (Å²) in [5, 5.41) is 12.3. The minimum atomic E-state index is -2.62. The first-order valence-corrected chi connectivity index (χ1v) is 22.1. The van der Waals surface area contributed by atoms with Crippen molar-refractivity contribution in [3.05, 3.63) is 167 Å². The van der Waals surface area contributed by atoms with Crippen LogP contribution < -0.4 is 0 Å². The Bertz CT molecular complexity index is 3150. The van der Waals surface area contributed by atoms with Crippen molar-refractivity contribution in [3.8, 4) is 67.5 Å². The molecule has 0 radical (unpaired) electrons. The Morgan fingerprint density at radius 3 is 1.98 bits per heavy atom. The van der Waals surface area contributed by atoms with Crippen LogP contribution in [0.3, 0.4) is 0 Å². The van der Waals surface area contributed by atoms with E-state index in [0.29, 0.717) is 50.4 Å². The van der Waals surface area contributed by atoms with Crippen LogP contribution in [-0.2, 0) is 26.5 Å². The van der Waals surface area contributed by atoms with Crippen LogP contribution in [0.2, 0.25) is 0 Å². The molecular formula is C59H62N3OPt-. The fraction of sp³-hybridized carbons (Fsp3) is 0.288. The van der Waals surface area contributed by atoms with Gasteiger partial charge in [-0.2, -0.15) is 0 Å². The molecule has 8 aromatic rings. The molecule has 0 bridgehead atoms. The maximum Gasteiger partial charge on any atom is 0.148 e. The molecule has 0 saturated carbocycles. The van der Waals surface area contributed by atoms with Crippen LogP contribution in [0.1, 0.15) is 140 Å². The summed E-state index contributed by atoms with van der Waals surface area (Å²) in [4.78, 5) is 10.3. The Labute approximate surface area is 403 Å². The van der Waals surface area contributed by atoms with Crippen molar-refractivity contribution in [2.45, 2.75) is 112 Å². The van der Waals surface area contributed by atoms with Crippen molar-refractivity contribution in [2.24, 2.45) is 0 Å². The zero-order valence-corrected chi connectivity index (χ0v) is 41.2. The van der Waals surface area contributed by atoms with Gasteiger partial charge in [-0.05, 0) is 116 Å². The first-order valence-electron chi connectivity index (χ1n) is 24.6. The molecule has 0 amide bonds. The van der Waals surface area contributed by atoms with Crippen molar-refractivity contribution < 1.29 is 33.0 Å². The number of hydrogen-bond donors (Lipinski definition) is 1. The van der Waals surface area contributed by atoms with Crippen molar-refractivity contribution in [1.82, 2.24) is 14.5 Å². The first kappa shape index (κ1) is 40.0. The number of imidazole rings is 1. The molecule has 0 atom stereocenters. The molecule has 2 aromatic heterocycles. The summed E-state index contributed by atoms with van der Waals surface area (Å²) >= 11 is 0. The van der Waals surface area contributed by atoms with Crippen LogP contribution in [0.5, 0.6) is 5.75 Å². The topological polar surface area (TPSA) is 50.9 Å². The summed E-state index contributed by atoms with van der Waals surface area (Å²) in [6.45, 7) is 19.5. The number of rotatable bonds is 10. The maximum atomic E-state index is 12.3. The van der Waals surface area contributed by atoms with Gasteiger partial charge in [0, 0.05) is 39.8 Å². The molecule has 0 aliphatic heterocycles. The van der Waals surface area contributed by atoms with Gasteiger partial charge in [-0.25, -0.2) is 4.98 Å². The summed E-state index contributed by atoms with van der Waals surface area (Å²) in [5.41, 5.74) is 12.9. The van der Waals surface area contributed by atoms with Gasteiger partial charge in [0.05, 0.1) is 22.3 Å². The van der Waals surface area contributed by atoms with E-state index < -0.39 is 18.6 Å². The number of hydrogen-bond acceptors (Lipinski definition) is 3. The number of benzene rings is 6. The van der Waals surface area contributed by atoms with Gasteiger partial charge in [-0.1, -0.05) is 166 Å². The Morgan fingerprint density at radius 2 is 1.34 bits per heavy atom. The van der Waals surface area contributed by atoms with Gasteiger partial charge < -0.3 is 5.11 Å². The summed E-state index contributed by atoms with van der Waals surface area (Å²) in [6, 6.07) is 43.5. The molecule has 6 aromatic carbocycles. The molecule has 4 nitrogen and oxygen atoms in total. The molecule has 330 valence electrons. The molecule has 0 unspecified atom stereocenters. The molecule has 5 heteroatoms. The Morgan fingerprint density at radius 1 is 0.656 bits per heavy atom. The molecule has 0 saturated heterocycles. The number of aromatic nitrogens is 3. The van der Waals surface area contributed by atoms with E-state index in [9.17, 15) is 5.11 Å². The van der Waals surface area contributed by atoms with E-state index in [1.807, 2.05) is 117 Å². The summed E-state index contributed by atoms with van der Waals surface area (Å²) in [6.07, 6.45) is 1.83. The summed E-state index contributed by atoms with van der Waals surface area (Å²) in [5.74, 6) is -1.49. The number of pyridine rings is 1. The monoisotopic (exact) mass is 1030 g/mol. The SMILES string of the molecule is [2H]C([2H])([2H])c1cc(-c2c(C([2H])(C)C)cccc2C([2H])(C)C)ccc1-n1c(-c2cc(C(C)C)cc(C(C)C)c2O)nc2c(-c3[c-]c(-c4cc(-c5ccccc5)ccn4)cc(C(C)(C)C)c3)cccc21.[Pt]. The molecule has 2 heterocycles. The molecule has 0 aliphatic carbocycles. The fourth-order valence-electron chi connectivity index (χ4n) is 8.62. The number of fused-ring (bicyclic) bond motifs is 1. The van der Waals surface area contributed by atoms with Gasteiger partial charge in [-0.3, -0.25) is 9.55 Å². The Kier molecular flexibility index (Phi) is 11.6. The minimum Gasteiger partial charge on any atom is -0.507 e. The van der Waals surface area contributed by atoms with E-state index in [1.165, 1.54) is 0 Å². The molecule has 0 fully saturated rings. The third-order valence-corrected chi connectivity index (χ3v) is 12.2. The van der Waals surface area contributed by atoms with Crippen LogP contribution in [0.25, 0.3) is 72.7 Å². The van der Waals surface area contributed by atoms with E-state index in [4.69, 9.17) is 16.8 Å².